The number of anilines is 1. The minimum Gasteiger partial charge on any atom is -0.510 e. The summed E-state index contributed by atoms with van der Waals surface area (Å²) in [5, 5.41) is 21.1. The van der Waals surface area contributed by atoms with E-state index < -0.39 is 0 Å². The highest BCUT2D eigenvalue weighted by atomic mass is 32.1. The molecule has 7 heteroatoms. The molecule has 4 heterocycles. The highest BCUT2D eigenvalue weighted by molar-refractivity contribution is 7.09. The number of fused-ring (bicyclic) bond motifs is 1. The quantitative estimate of drug-likeness (QED) is 0.615. The first-order valence-corrected chi connectivity index (χ1v) is 10.6. The molecule has 0 unspecified atom stereocenters. The predicted molar refractivity (Wildman–Crippen MR) is 114 cm³/mol. The Balaban J connectivity index is 1.42. The number of aromatic amines is 1. The highest BCUT2D eigenvalue weighted by Gasteiger charge is 2.30. The molecule has 0 atom stereocenters. The molecule has 1 fully saturated rings. The van der Waals surface area contributed by atoms with Gasteiger partial charge >= 0.3 is 0 Å². The third-order valence-electron chi connectivity index (χ3n) is 5.53. The Bertz CT molecular complexity index is 1050. The summed E-state index contributed by atoms with van der Waals surface area (Å²) in [4.78, 5) is 13.5. The lowest BCUT2D eigenvalue weighted by Crippen LogP contribution is -2.29. The molecule has 2 aliphatic rings. The van der Waals surface area contributed by atoms with Gasteiger partial charge in [0.1, 0.15) is 17.4 Å². The number of nitrogens with zero attached hydrogens (tertiary/aromatic N) is 3. The molecule has 0 aliphatic carbocycles. The van der Waals surface area contributed by atoms with Crippen LogP contribution in [0.3, 0.4) is 0 Å². The molecule has 3 N–H and O–H groups in total. The second-order valence-corrected chi connectivity index (χ2v) is 8.47. The number of piperidine rings is 1. The summed E-state index contributed by atoms with van der Waals surface area (Å²) in [5.74, 6) is 1.10. The number of hydrogen-bond acceptors (Lipinski definition) is 5. The third kappa shape index (κ3) is 3.05. The largest absolute Gasteiger partial charge is 0.510 e. The molecular weight excluding hydrogens is 370 g/mol. The lowest BCUT2D eigenvalue weighted by molar-refractivity contribution is 0.348. The van der Waals surface area contributed by atoms with Crippen LogP contribution in [0.15, 0.2) is 41.5 Å². The molecule has 3 aromatic rings. The molecule has 2 aromatic heterocycles. The van der Waals surface area contributed by atoms with Gasteiger partial charge in [-0.05, 0) is 48.9 Å². The van der Waals surface area contributed by atoms with Gasteiger partial charge in [-0.15, -0.1) is 11.3 Å². The minimum absolute atomic E-state index is 0.205. The fourth-order valence-electron chi connectivity index (χ4n) is 4.07. The average Bonchev–Trinajstić information content (AvgIpc) is 3.42. The van der Waals surface area contributed by atoms with Gasteiger partial charge < -0.3 is 19.9 Å². The molecule has 28 heavy (non-hydrogen) atoms. The number of amidine groups is 1. The fraction of sp³-hybridized carbons (Fsp3) is 0.333. The maximum Gasteiger partial charge on any atom is 0.145 e. The Labute approximate surface area is 167 Å². The van der Waals surface area contributed by atoms with E-state index in [2.05, 4.69) is 33.1 Å². The number of aliphatic hydroxyl groups is 1. The second-order valence-electron chi connectivity index (χ2n) is 7.44. The molecule has 1 aromatic carbocycles. The monoisotopic (exact) mass is 393 g/mol. The first-order valence-electron chi connectivity index (χ1n) is 9.72. The van der Waals surface area contributed by atoms with Crippen LogP contribution in [0.1, 0.15) is 30.0 Å². The summed E-state index contributed by atoms with van der Waals surface area (Å²) in [5.41, 5.74) is 3.53. The van der Waals surface area contributed by atoms with Gasteiger partial charge in [0, 0.05) is 23.7 Å². The van der Waals surface area contributed by atoms with Gasteiger partial charge in [-0.2, -0.15) is 0 Å². The van der Waals surface area contributed by atoms with E-state index in [4.69, 9.17) is 5.41 Å². The number of rotatable bonds is 4. The summed E-state index contributed by atoms with van der Waals surface area (Å²) in [7, 11) is 0. The van der Waals surface area contributed by atoms with Gasteiger partial charge in [-0.1, -0.05) is 6.07 Å². The number of hydrogen-bond donors (Lipinski definition) is 3. The average molecular weight is 394 g/mol. The zero-order valence-corrected chi connectivity index (χ0v) is 16.4. The maximum atomic E-state index is 10.5. The Hall–Kier alpha value is -2.80. The van der Waals surface area contributed by atoms with Gasteiger partial charge in [0.15, 0.2) is 0 Å². The first kappa shape index (κ1) is 17.3. The molecule has 2 aliphatic heterocycles. The van der Waals surface area contributed by atoms with Gasteiger partial charge in [0.25, 0.3) is 0 Å². The summed E-state index contributed by atoms with van der Waals surface area (Å²) in [6, 6.07) is 10.3. The van der Waals surface area contributed by atoms with Gasteiger partial charge in [-0.3, -0.25) is 5.41 Å². The van der Waals surface area contributed by atoms with Gasteiger partial charge in [0.2, 0.25) is 0 Å². The number of thiophene rings is 1. The van der Waals surface area contributed by atoms with Crippen LogP contribution in [-0.2, 0) is 6.54 Å². The molecule has 0 spiro atoms. The van der Waals surface area contributed by atoms with Crippen LogP contribution < -0.4 is 4.90 Å². The smallest absolute Gasteiger partial charge is 0.145 e. The number of nitrogens with one attached hydrogen (secondary N) is 2. The predicted octanol–water partition coefficient (Wildman–Crippen LogP) is 4.38. The van der Waals surface area contributed by atoms with Crippen molar-refractivity contribution in [3.63, 3.8) is 0 Å². The van der Waals surface area contributed by atoms with Crippen molar-refractivity contribution in [2.75, 3.05) is 24.5 Å². The first-order chi connectivity index (χ1) is 13.7. The molecule has 0 saturated carbocycles. The van der Waals surface area contributed by atoms with Crippen molar-refractivity contribution in [2.45, 2.75) is 25.8 Å². The molecule has 5 rings (SSSR count). The van der Waals surface area contributed by atoms with Crippen LogP contribution in [0, 0.1) is 5.41 Å². The SMILES string of the molecule is N=C1C(c2nc3ccc(N4CCCCC4)cc3[nH]2)=C(O)CN1Cc1cccs1. The van der Waals surface area contributed by atoms with E-state index >= 15 is 0 Å². The fourth-order valence-corrected chi connectivity index (χ4v) is 4.79. The maximum absolute atomic E-state index is 10.5. The highest BCUT2D eigenvalue weighted by Crippen LogP contribution is 2.30. The zero-order valence-electron chi connectivity index (χ0n) is 15.6. The number of benzene rings is 1. The van der Waals surface area contributed by atoms with E-state index in [1.54, 1.807) is 11.3 Å². The van der Waals surface area contributed by atoms with Crippen molar-refractivity contribution in [1.82, 2.24) is 14.9 Å². The minimum atomic E-state index is 0.205. The molecular formula is C21H23N5OS. The number of imidazole rings is 1. The summed E-state index contributed by atoms with van der Waals surface area (Å²) < 4.78 is 0. The Kier molecular flexibility index (Phi) is 4.31. The van der Waals surface area contributed by atoms with Crippen molar-refractivity contribution < 1.29 is 5.11 Å². The van der Waals surface area contributed by atoms with E-state index in [0.717, 1.165) is 24.1 Å². The van der Waals surface area contributed by atoms with E-state index in [-0.39, 0.29) is 5.76 Å². The molecule has 6 nitrogen and oxygen atoms in total. The molecule has 1 saturated heterocycles. The third-order valence-corrected chi connectivity index (χ3v) is 6.39. The van der Waals surface area contributed by atoms with Gasteiger partial charge in [0.05, 0.1) is 29.7 Å². The topological polar surface area (TPSA) is 79.2 Å². The van der Waals surface area contributed by atoms with Crippen molar-refractivity contribution >= 4 is 39.5 Å². The summed E-state index contributed by atoms with van der Waals surface area (Å²) in [6.07, 6.45) is 3.79. The number of H-pyrrole nitrogens is 1. The molecule has 0 bridgehead atoms. The van der Waals surface area contributed by atoms with Crippen LogP contribution in [0.2, 0.25) is 0 Å². The molecule has 144 valence electrons. The molecule has 0 amide bonds. The van der Waals surface area contributed by atoms with E-state index in [1.165, 1.54) is 29.8 Å². The van der Waals surface area contributed by atoms with Crippen LogP contribution in [0.25, 0.3) is 16.6 Å². The van der Waals surface area contributed by atoms with Crippen LogP contribution in [0.4, 0.5) is 5.69 Å². The van der Waals surface area contributed by atoms with Crippen molar-refractivity contribution in [3.8, 4) is 0 Å². The lowest BCUT2D eigenvalue weighted by atomic mass is 10.1. The van der Waals surface area contributed by atoms with E-state index in [0.29, 0.717) is 30.3 Å². The lowest BCUT2D eigenvalue weighted by Gasteiger charge is -2.28. The van der Waals surface area contributed by atoms with Crippen LogP contribution in [-0.4, -0.2) is 45.4 Å². The second kappa shape index (κ2) is 6.98. The summed E-state index contributed by atoms with van der Waals surface area (Å²) in [6.45, 7) is 3.17. The van der Waals surface area contributed by atoms with Gasteiger partial charge in [-0.25, -0.2) is 4.98 Å². The number of aromatic nitrogens is 2. The Morgan fingerprint density at radius 1 is 1.18 bits per heavy atom. The van der Waals surface area contributed by atoms with E-state index in [9.17, 15) is 5.11 Å². The van der Waals surface area contributed by atoms with Crippen molar-refractivity contribution in [2.24, 2.45) is 0 Å². The van der Waals surface area contributed by atoms with Crippen molar-refractivity contribution in [1.29, 1.82) is 5.41 Å². The Morgan fingerprint density at radius 2 is 2.04 bits per heavy atom. The Morgan fingerprint density at radius 3 is 2.82 bits per heavy atom. The van der Waals surface area contributed by atoms with Crippen LogP contribution >= 0.6 is 11.3 Å². The summed E-state index contributed by atoms with van der Waals surface area (Å²) >= 11 is 1.66. The zero-order chi connectivity index (χ0) is 19.1. The normalized spacial score (nSPS) is 17.9. The van der Waals surface area contributed by atoms with E-state index in [1.807, 2.05) is 22.4 Å². The van der Waals surface area contributed by atoms with Crippen molar-refractivity contribution in [3.05, 3.63) is 52.2 Å². The van der Waals surface area contributed by atoms with Crippen LogP contribution in [0.5, 0.6) is 0 Å². The standard InChI is InChI=1S/C21H23N5OS/c22-20-19(18(27)13-26(20)12-15-5-4-10-28-15)21-23-16-7-6-14(11-17(16)24-21)25-8-2-1-3-9-25/h4-7,10-11,22,27H,1-3,8-9,12-13H2,(H,23,24). The molecule has 0 radical (unpaired) electrons. The number of aliphatic hydroxyl groups excluding tert-OH is 1.